The van der Waals surface area contributed by atoms with Crippen molar-refractivity contribution in [2.75, 3.05) is 0 Å². The van der Waals surface area contributed by atoms with Crippen LogP contribution in [0.15, 0.2) is 79.8 Å². The van der Waals surface area contributed by atoms with Gasteiger partial charge in [0.1, 0.15) is 17.2 Å². The van der Waals surface area contributed by atoms with Gasteiger partial charge in [0, 0.05) is 84.1 Å². The average molecular weight is 922 g/mol. The Morgan fingerprint density at radius 2 is 0.500 bits per heavy atom. The zero-order valence-corrected chi connectivity index (χ0v) is 34.8. The molecule has 4 aliphatic rings. The molecule has 3 aliphatic carbocycles. The lowest BCUT2D eigenvalue weighted by atomic mass is 9.91. The molecular weight excluding hydrogens is 876 g/mol. The molecule has 0 radical (unpaired) electrons. The average Bonchev–Trinajstić information content (AvgIpc) is 3.17. The van der Waals surface area contributed by atoms with Crippen molar-refractivity contribution in [1.82, 2.24) is 0 Å². The van der Waals surface area contributed by atoms with Crippen molar-refractivity contribution in [1.29, 1.82) is 0 Å². The van der Waals surface area contributed by atoms with Crippen molar-refractivity contribution in [2.45, 2.75) is 113 Å². The summed E-state index contributed by atoms with van der Waals surface area (Å²) >= 11 is 10.9. The van der Waals surface area contributed by atoms with E-state index in [-0.39, 0.29) is 53.5 Å². The molecule has 0 aromatic heterocycles. The second kappa shape index (κ2) is 18.0. The van der Waals surface area contributed by atoms with Crippen LogP contribution in [0, 0.1) is 0 Å². The number of aliphatic imine (C=N–C) groups is 6. The predicted molar refractivity (Wildman–Crippen MR) is 231 cm³/mol. The number of phenolic OH excluding ortho intramolecular Hbond substituents is 3. The molecule has 9 nitrogen and oxygen atoms in total. The summed E-state index contributed by atoms with van der Waals surface area (Å²) in [5.41, 5.74) is 3.63. The van der Waals surface area contributed by atoms with Gasteiger partial charge in [0.05, 0.1) is 36.3 Å². The molecular formula is C42H45Br3N6O3. The first kappa shape index (κ1) is 38.8. The minimum atomic E-state index is -0.0617. The molecule has 3 aromatic carbocycles. The highest BCUT2D eigenvalue weighted by Crippen LogP contribution is 2.32. The first-order valence-corrected chi connectivity index (χ1v) is 21.4. The maximum Gasteiger partial charge on any atom is 0.133 e. The van der Waals surface area contributed by atoms with E-state index in [1.165, 1.54) is 0 Å². The third-order valence-corrected chi connectivity index (χ3v) is 12.3. The van der Waals surface area contributed by atoms with Gasteiger partial charge in [-0.25, -0.2) is 0 Å². The Kier molecular flexibility index (Phi) is 12.9. The maximum atomic E-state index is 11.4. The summed E-state index contributed by atoms with van der Waals surface area (Å²) in [5.74, 6) is 0.364. The Morgan fingerprint density at radius 3 is 0.667 bits per heavy atom. The monoisotopic (exact) mass is 918 g/mol. The molecule has 0 amide bonds. The van der Waals surface area contributed by atoms with Crippen LogP contribution in [0.4, 0.5) is 0 Å². The third kappa shape index (κ3) is 9.48. The molecule has 54 heavy (non-hydrogen) atoms. The Morgan fingerprint density at radius 1 is 0.333 bits per heavy atom. The molecule has 0 unspecified atom stereocenters. The van der Waals surface area contributed by atoms with E-state index < -0.39 is 0 Å². The van der Waals surface area contributed by atoms with Crippen LogP contribution < -0.4 is 0 Å². The predicted octanol–water partition coefficient (Wildman–Crippen LogP) is 9.95. The quantitative estimate of drug-likeness (QED) is 0.207. The lowest BCUT2D eigenvalue weighted by Crippen LogP contribution is -2.27. The largest absolute Gasteiger partial charge is 0.507 e. The van der Waals surface area contributed by atoms with Gasteiger partial charge in [0.25, 0.3) is 0 Å². The van der Waals surface area contributed by atoms with E-state index in [0.29, 0.717) is 33.4 Å². The summed E-state index contributed by atoms with van der Waals surface area (Å²) in [4.78, 5) is 29.8. The Balaban J connectivity index is 1.29. The third-order valence-electron chi connectivity index (χ3n) is 10.9. The van der Waals surface area contributed by atoms with Crippen molar-refractivity contribution >= 4 is 85.1 Å². The van der Waals surface area contributed by atoms with Crippen LogP contribution in [-0.2, 0) is 0 Å². The van der Waals surface area contributed by atoms with E-state index in [1.807, 2.05) is 36.4 Å². The maximum absolute atomic E-state index is 11.4. The first-order chi connectivity index (χ1) is 26.2. The van der Waals surface area contributed by atoms with E-state index in [0.717, 1.165) is 90.5 Å². The summed E-state index contributed by atoms with van der Waals surface area (Å²) in [6.45, 7) is 0. The Hall–Kier alpha value is -3.48. The highest BCUT2D eigenvalue weighted by atomic mass is 79.9. The molecule has 1 heterocycles. The molecule has 3 N–H and O–H groups in total. The zero-order valence-electron chi connectivity index (χ0n) is 30.0. The molecule has 12 heteroatoms. The fourth-order valence-electron chi connectivity index (χ4n) is 7.89. The number of hydrogen-bond acceptors (Lipinski definition) is 9. The minimum Gasteiger partial charge on any atom is -0.507 e. The number of aromatic hydroxyl groups is 3. The molecule has 3 aromatic rings. The SMILES string of the molecule is Oc1c2cc(Br)cc1C=N[C@H]1CCCC[C@@H]1N=Cc1cc(Br)cc(c1O)C=N[C@H]1CCCC[C@@H]1N=Cc1cc(Br)cc(c1O)C=N[C@H]1CCCC[C@@H]1N=C2. The van der Waals surface area contributed by atoms with E-state index in [1.54, 1.807) is 37.3 Å². The van der Waals surface area contributed by atoms with Crippen LogP contribution in [0.25, 0.3) is 0 Å². The van der Waals surface area contributed by atoms with Gasteiger partial charge in [-0.1, -0.05) is 86.3 Å². The number of phenols is 3. The van der Waals surface area contributed by atoms with Gasteiger partial charge in [-0.2, -0.15) is 0 Å². The van der Waals surface area contributed by atoms with Crippen molar-refractivity contribution in [3.8, 4) is 17.2 Å². The molecule has 7 rings (SSSR count). The number of halogens is 3. The molecule has 6 bridgehead atoms. The minimum absolute atomic E-state index is 0.0617. The van der Waals surface area contributed by atoms with Crippen molar-refractivity contribution < 1.29 is 15.3 Å². The highest BCUT2D eigenvalue weighted by Gasteiger charge is 2.26. The normalized spacial score (nSPS) is 26.1. The van der Waals surface area contributed by atoms with Gasteiger partial charge in [0.2, 0.25) is 0 Å². The number of nitrogens with zero attached hydrogens (tertiary/aromatic N) is 6. The smallest absolute Gasteiger partial charge is 0.133 e. The standard InChI is InChI=1S/C42H45Br3N6O3/c43-31-13-25-19-46-34-7-1-2-8-35(34)47-20-26-14-32(44)16-28(41(26)53)22-49-38-11-5-6-12-39(38)51-24-30-18-33(45)17-29(42(30)54)23-50-37-10-4-3-9-36(37)48-21-27(15-31)40(25)52/h13-24,34-39,52-54H,1-12H2/t34-,35-,36-,37-,38-,39-/m0/s1. The first-order valence-electron chi connectivity index (χ1n) is 19.0. The van der Waals surface area contributed by atoms with Crippen LogP contribution in [-0.4, -0.2) is 88.9 Å². The lowest BCUT2D eigenvalue weighted by molar-refractivity contribution is 0.389. The molecule has 1 aliphatic heterocycles. The number of rotatable bonds is 0. The molecule has 3 fully saturated rings. The van der Waals surface area contributed by atoms with Crippen LogP contribution >= 0.6 is 47.8 Å². The number of fused-ring (bicyclic) bond motifs is 9. The molecule has 6 atom stereocenters. The van der Waals surface area contributed by atoms with E-state index in [4.69, 9.17) is 30.0 Å². The summed E-state index contributed by atoms with van der Waals surface area (Å²) in [6, 6.07) is 10.8. The van der Waals surface area contributed by atoms with E-state index in [9.17, 15) is 15.3 Å². The fraction of sp³-hybridized carbons (Fsp3) is 0.429. The highest BCUT2D eigenvalue weighted by molar-refractivity contribution is 9.11. The molecule has 282 valence electrons. The van der Waals surface area contributed by atoms with Gasteiger partial charge >= 0.3 is 0 Å². The number of hydrogen-bond donors (Lipinski definition) is 3. The summed E-state index contributed by atoms with van der Waals surface area (Å²) in [6.07, 6.45) is 22.2. The van der Waals surface area contributed by atoms with Crippen LogP contribution in [0.5, 0.6) is 17.2 Å². The summed E-state index contributed by atoms with van der Waals surface area (Å²) in [5, 5.41) is 34.2. The van der Waals surface area contributed by atoms with Crippen LogP contribution in [0.3, 0.4) is 0 Å². The van der Waals surface area contributed by atoms with Gasteiger partial charge in [-0.15, -0.1) is 0 Å². The second-order valence-electron chi connectivity index (χ2n) is 14.7. The Labute approximate surface area is 342 Å². The van der Waals surface area contributed by atoms with Crippen LogP contribution in [0.2, 0.25) is 0 Å². The van der Waals surface area contributed by atoms with Crippen molar-refractivity contribution in [2.24, 2.45) is 30.0 Å². The summed E-state index contributed by atoms with van der Waals surface area (Å²) in [7, 11) is 0. The Bertz CT molecular complexity index is 1670. The van der Waals surface area contributed by atoms with Crippen LogP contribution in [0.1, 0.15) is 110 Å². The topological polar surface area (TPSA) is 135 Å². The van der Waals surface area contributed by atoms with E-state index >= 15 is 0 Å². The van der Waals surface area contributed by atoms with Gasteiger partial charge in [0.15, 0.2) is 0 Å². The van der Waals surface area contributed by atoms with Gasteiger partial charge in [-0.3, -0.25) is 30.0 Å². The van der Waals surface area contributed by atoms with Gasteiger partial charge in [-0.05, 0) is 74.9 Å². The van der Waals surface area contributed by atoms with E-state index in [2.05, 4.69) is 47.8 Å². The fourth-order valence-corrected chi connectivity index (χ4v) is 9.37. The second-order valence-corrected chi connectivity index (χ2v) is 17.5. The summed E-state index contributed by atoms with van der Waals surface area (Å²) < 4.78 is 2.45. The zero-order chi connectivity index (χ0) is 37.6. The van der Waals surface area contributed by atoms with Gasteiger partial charge < -0.3 is 15.3 Å². The van der Waals surface area contributed by atoms with Crippen molar-refractivity contribution in [3.05, 3.63) is 83.2 Å². The molecule has 0 spiro atoms. The number of benzene rings is 3. The van der Waals surface area contributed by atoms with Crippen molar-refractivity contribution in [3.63, 3.8) is 0 Å². The molecule has 3 saturated carbocycles. The lowest BCUT2D eigenvalue weighted by Gasteiger charge is -2.26. The molecule has 0 saturated heterocycles.